The molecule has 140 valence electrons. The Morgan fingerprint density at radius 1 is 1.00 bits per heavy atom. The van der Waals surface area contributed by atoms with Crippen molar-refractivity contribution < 1.29 is 4.74 Å². The molecule has 2 nitrogen and oxygen atoms in total. The van der Waals surface area contributed by atoms with E-state index in [1.807, 2.05) is 11.8 Å². The summed E-state index contributed by atoms with van der Waals surface area (Å²) in [7, 11) is 1.73. The Hall–Kier alpha value is -2.52. The largest absolute Gasteiger partial charge is 0.497 e. The average Bonchev–Trinajstić information content (AvgIpc) is 2.90. The quantitative estimate of drug-likeness (QED) is 0.500. The maximum absolute atomic E-state index is 5.45. The fourth-order valence-corrected chi connectivity index (χ4v) is 5.68. The molecule has 0 radical (unpaired) electrons. The lowest BCUT2D eigenvalue weighted by Gasteiger charge is -2.31. The summed E-state index contributed by atoms with van der Waals surface area (Å²) in [5.74, 6) is 1.33. The lowest BCUT2D eigenvalue weighted by atomic mass is 9.78. The third kappa shape index (κ3) is 3.04. The van der Waals surface area contributed by atoms with Crippen LogP contribution in [-0.4, -0.2) is 12.8 Å². The standard InChI is InChI=1S/C25H23NOS/c1-16-7-9-17(10-8-16)25-21-13-11-18-15-19(27-2)12-14-20(18)24(21)26-22-5-3-4-6-23(22)28-25/h3-10,12,14-15,21,25H,11,13H2,1-2H3/t21-,25+/m0/s1. The summed E-state index contributed by atoms with van der Waals surface area (Å²) in [6.45, 7) is 2.15. The van der Waals surface area contributed by atoms with Gasteiger partial charge in [-0.05, 0) is 66.8 Å². The Bertz CT molecular complexity index is 1050. The van der Waals surface area contributed by atoms with E-state index in [0.29, 0.717) is 11.2 Å². The highest BCUT2D eigenvalue weighted by atomic mass is 32.2. The van der Waals surface area contributed by atoms with Crippen LogP contribution in [0.25, 0.3) is 0 Å². The highest BCUT2D eigenvalue weighted by molar-refractivity contribution is 7.99. The second-order valence-electron chi connectivity index (χ2n) is 7.58. The fraction of sp³-hybridized carbons (Fsp3) is 0.240. The van der Waals surface area contributed by atoms with Crippen molar-refractivity contribution in [1.82, 2.24) is 0 Å². The number of nitrogens with zero attached hydrogens (tertiary/aromatic N) is 1. The van der Waals surface area contributed by atoms with Gasteiger partial charge in [0.2, 0.25) is 0 Å². The number of fused-ring (bicyclic) bond motifs is 4. The molecule has 0 amide bonds. The van der Waals surface area contributed by atoms with E-state index in [9.17, 15) is 0 Å². The summed E-state index contributed by atoms with van der Waals surface area (Å²) < 4.78 is 5.45. The van der Waals surface area contributed by atoms with Gasteiger partial charge in [-0.3, -0.25) is 4.99 Å². The van der Waals surface area contributed by atoms with E-state index in [2.05, 4.69) is 73.7 Å². The molecule has 0 spiro atoms. The summed E-state index contributed by atoms with van der Waals surface area (Å²) in [6.07, 6.45) is 2.17. The van der Waals surface area contributed by atoms with Crippen LogP contribution < -0.4 is 4.74 Å². The number of methoxy groups -OCH3 is 1. The fourth-order valence-electron chi connectivity index (χ4n) is 4.29. The maximum Gasteiger partial charge on any atom is 0.119 e. The van der Waals surface area contributed by atoms with Gasteiger partial charge in [-0.1, -0.05) is 42.0 Å². The van der Waals surface area contributed by atoms with Crippen LogP contribution in [0.5, 0.6) is 5.75 Å². The van der Waals surface area contributed by atoms with Crippen LogP contribution in [-0.2, 0) is 6.42 Å². The molecular formula is C25H23NOS. The number of hydrogen-bond acceptors (Lipinski definition) is 3. The number of benzene rings is 3. The van der Waals surface area contributed by atoms with Gasteiger partial charge in [-0.2, -0.15) is 0 Å². The first kappa shape index (κ1) is 17.6. The smallest absolute Gasteiger partial charge is 0.119 e. The summed E-state index contributed by atoms with van der Waals surface area (Å²) in [5.41, 5.74) is 7.64. The van der Waals surface area contributed by atoms with Gasteiger partial charge in [-0.25, -0.2) is 0 Å². The van der Waals surface area contributed by atoms with Gasteiger partial charge < -0.3 is 4.74 Å². The lowest BCUT2D eigenvalue weighted by molar-refractivity contribution is 0.414. The molecule has 28 heavy (non-hydrogen) atoms. The van der Waals surface area contributed by atoms with Crippen molar-refractivity contribution in [3.8, 4) is 5.75 Å². The van der Waals surface area contributed by atoms with Crippen LogP contribution in [0.2, 0.25) is 0 Å². The molecule has 0 unspecified atom stereocenters. The second-order valence-corrected chi connectivity index (χ2v) is 8.77. The van der Waals surface area contributed by atoms with E-state index in [1.54, 1.807) is 7.11 Å². The molecule has 0 saturated heterocycles. The highest BCUT2D eigenvalue weighted by Crippen LogP contribution is 2.51. The Balaban J connectivity index is 1.67. The number of para-hydroxylation sites is 1. The van der Waals surface area contributed by atoms with Crippen LogP contribution in [0.4, 0.5) is 5.69 Å². The summed E-state index contributed by atoms with van der Waals surface area (Å²) >= 11 is 1.97. The van der Waals surface area contributed by atoms with E-state index in [0.717, 1.165) is 24.3 Å². The van der Waals surface area contributed by atoms with Crippen molar-refractivity contribution in [3.63, 3.8) is 0 Å². The highest BCUT2D eigenvalue weighted by Gasteiger charge is 2.36. The number of ether oxygens (including phenoxy) is 1. The van der Waals surface area contributed by atoms with Gasteiger partial charge in [-0.15, -0.1) is 11.8 Å². The molecule has 0 saturated carbocycles. The van der Waals surface area contributed by atoms with Crippen molar-refractivity contribution in [1.29, 1.82) is 0 Å². The first-order valence-electron chi connectivity index (χ1n) is 9.81. The van der Waals surface area contributed by atoms with E-state index in [4.69, 9.17) is 9.73 Å². The Morgan fingerprint density at radius 2 is 1.82 bits per heavy atom. The van der Waals surface area contributed by atoms with Crippen LogP contribution in [0.15, 0.2) is 76.6 Å². The van der Waals surface area contributed by atoms with Gasteiger partial charge >= 0.3 is 0 Å². The van der Waals surface area contributed by atoms with E-state index >= 15 is 0 Å². The lowest BCUT2D eigenvalue weighted by Crippen LogP contribution is -2.27. The molecule has 0 aromatic heterocycles. The number of hydrogen-bond donors (Lipinski definition) is 0. The topological polar surface area (TPSA) is 21.6 Å². The van der Waals surface area contributed by atoms with Crippen LogP contribution >= 0.6 is 11.8 Å². The van der Waals surface area contributed by atoms with Crippen molar-refractivity contribution in [2.24, 2.45) is 10.9 Å². The zero-order valence-corrected chi connectivity index (χ0v) is 17.0. The molecule has 0 N–H and O–H groups in total. The molecule has 2 atom stereocenters. The Morgan fingerprint density at radius 3 is 2.64 bits per heavy atom. The maximum atomic E-state index is 5.45. The molecule has 2 aliphatic rings. The molecule has 0 bridgehead atoms. The number of rotatable bonds is 2. The SMILES string of the molecule is COc1ccc2c(c1)CC[C@H]1C2=Nc2ccccc2S[C@@H]1c1ccc(C)cc1. The Labute approximate surface area is 170 Å². The zero-order chi connectivity index (χ0) is 19.1. The minimum absolute atomic E-state index is 0.373. The number of thioether (sulfide) groups is 1. The summed E-state index contributed by atoms with van der Waals surface area (Å²) in [5, 5.41) is 0.373. The van der Waals surface area contributed by atoms with E-state index in [-0.39, 0.29) is 0 Å². The van der Waals surface area contributed by atoms with Crippen molar-refractivity contribution in [2.75, 3.05) is 7.11 Å². The summed E-state index contributed by atoms with van der Waals surface area (Å²) in [4.78, 5) is 6.47. The average molecular weight is 386 g/mol. The summed E-state index contributed by atoms with van der Waals surface area (Å²) in [6, 6.07) is 24.0. The van der Waals surface area contributed by atoms with Gasteiger partial charge in [0.1, 0.15) is 5.75 Å². The number of aryl methyl sites for hydroxylation is 2. The van der Waals surface area contributed by atoms with Gasteiger partial charge in [0.15, 0.2) is 0 Å². The zero-order valence-electron chi connectivity index (χ0n) is 16.2. The van der Waals surface area contributed by atoms with E-state index < -0.39 is 0 Å². The van der Waals surface area contributed by atoms with Gasteiger partial charge in [0.05, 0.1) is 18.5 Å². The van der Waals surface area contributed by atoms with Crippen LogP contribution in [0, 0.1) is 12.8 Å². The molecule has 1 aliphatic heterocycles. The van der Waals surface area contributed by atoms with Crippen molar-refractivity contribution >= 4 is 23.2 Å². The molecule has 0 fully saturated rings. The predicted octanol–water partition coefficient (Wildman–Crippen LogP) is 6.53. The van der Waals surface area contributed by atoms with E-state index in [1.165, 1.54) is 32.9 Å². The molecular weight excluding hydrogens is 362 g/mol. The van der Waals surface area contributed by atoms with Crippen LogP contribution in [0.1, 0.15) is 33.9 Å². The second kappa shape index (κ2) is 7.14. The molecule has 3 aromatic carbocycles. The van der Waals surface area contributed by atoms with Crippen molar-refractivity contribution in [3.05, 3.63) is 89.0 Å². The molecule has 1 aliphatic carbocycles. The number of aliphatic imine (C=N–C) groups is 1. The van der Waals surface area contributed by atoms with Gasteiger partial charge in [0.25, 0.3) is 0 Å². The monoisotopic (exact) mass is 385 g/mol. The normalized spacial score (nSPS) is 20.3. The van der Waals surface area contributed by atoms with Crippen LogP contribution in [0.3, 0.4) is 0 Å². The first-order chi connectivity index (χ1) is 13.7. The third-order valence-corrected chi connectivity index (χ3v) is 7.25. The molecule has 1 heterocycles. The third-order valence-electron chi connectivity index (χ3n) is 5.80. The van der Waals surface area contributed by atoms with Gasteiger partial charge in [0, 0.05) is 16.1 Å². The Kier molecular flexibility index (Phi) is 4.48. The van der Waals surface area contributed by atoms with Crippen molar-refractivity contribution in [2.45, 2.75) is 29.9 Å². The minimum atomic E-state index is 0.373. The predicted molar refractivity (Wildman–Crippen MR) is 117 cm³/mol. The molecule has 5 rings (SSSR count). The molecule has 3 aromatic rings. The minimum Gasteiger partial charge on any atom is -0.497 e. The first-order valence-corrected chi connectivity index (χ1v) is 10.7. The molecule has 3 heteroatoms.